The molecule has 0 saturated carbocycles. The predicted molar refractivity (Wildman–Crippen MR) is 81.5 cm³/mol. The third-order valence-corrected chi connectivity index (χ3v) is 6.41. The van der Waals surface area contributed by atoms with Gasteiger partial charge in [0.15, 0.2) is 0 Å². The van der Waals surface area contributed by atoms with Gasteiger partial charge in [0.1, 0.15) is 0 Å². The van der Waals surface area contributed by atoms with Crippen LogP contribution >= 0.6 is 10.5 Å². The van der Waals surface area contributed by atoms with Crippen LogP contribution in [0.5, 0.6) is 0 Å². The van der Waals surface area contributed by atoms with E-state index < -0.39 is 10.0 Å². The van der Waals surface area contributed by atoms with Crippen LogP contribution in [0.15, 0.2) is 34.1 Å². The van der Waals surface area contributed by atoms with Gasteiger partial charge in [-0.2, -0.15) is 10.5 Å². The average Bonchev–Trinajstić information content (AvgIpc) is 2.33. The van der Waals surface area contributed by atoms with Crippen molar-refractivity contribution in [2.75, 3.05) is 32.9 Å². The average molecular weight is 300 g/mol. The summed E-state index contributed by atoms with van der Waals surface area (Å²) in [7, 11) is -2.08. The van der Waals surface area contributed by atoms with E-state index >= 15 is 0 Å². The van der Waals surface area contributed by atoms with Crippen LogP contribution < -0.4 is 5.32 Å². The van der Waals surface area contributed by atoms with Crippen LogP contribution in [0.1, 0.15) is 0 Å². The molecule has 4 nitrogen and oxygen atoms in total. The Balaban J connectivity index is 2.30. The van der Waals surface area contributed by atoms with Gasteiger partial charge in [0.25, 0.3) is 0 Å². The summed E-state index contributed by atoms with van der Waals surface area (Å²) in [6, 6.07) is 7.15. The van der Waals surface area contributed by atoms with Crippen molar-refractivity contribution in [3.05, 3.63) is 24.3 Å². The normalized spacial score (nSPS) is 18.3. The summed E-state index contributed by atoms with van der Waals surface area (Å²) in [6.45, 7) is 2.36. The third kappa shape index (κ3) is 3.08. The molecule has 6 heteroatoms. The smallest absolute Gasteiger partial charge is 0.243 e. The highest BCUT2D eigenvalue weighted by Crippen LogP contribution is 2.30. The summed E-state index contributed by atoms with van der Waals surface area (Å²) in [6.07, 6.45) is 1.93. The molecular formula is C13H20N2O2S2. The monoisotopic (exact) mass is 300 g/mol. The standard InChI is InChI=1S/C13H20N2O2S2/c1-15(10-11-8-14-9-11)19(16,17)13-7-5-4-6-12(13)18(2)3/h4-7,11,14H,2,8-10H2,1,3H3. The van der Waals surface area contributed by atoms with Crippen molar-refractivity contribution < 1.29 is 8.42 Å². The molecule has 1 aliphatic rings. The van der Waals surface area contributed by atoms with Gasteiger partial charge in [0.05, 0.1) is 4.90 Å². The summed E-state index contributed by atoms with van der Waals surface area (Å²) in [5, 5.41) is 3.16. The van der Waals surface area contributed by atoms with E-state index in [9.17, 15) is 8.42 Å². The van der Waals surface area contributed by atoms with Crippen LogP contribution in [0.3, 0.4) is 0 Å². The van der Waals surface area contributed by atoms with Crippen molar-refractivity contribution in [3.63, 3.8) is 0 Å². The number of sulfonamides is 1. The van der Waals surface area contributed by atoms with E-state index in [1.54, 1.807) is 19.2 Å². The lowest BCUT2D eigenvalue weighted by Gasteiger charge is -2.31. The summed E-state index contributed by atoms with van der Waals surface area (Å²) in [4.78, 5) is 1.20. The molecule has 19 heavy (non-hydrogen) atoms. The minimum absolute atomic E-state index is 0.322. The Morgan fingerprint density at radius 3 is 2.58 bits per heavy atom. The molecular weight excluding hydrogens is 280 g/mol. The van der Waals surface area contributed by atoms with Gasteiger partial charge >= 0.3 is 0 Å². The lowest BCUT2D eigenvalue weighted by Crippen LogP contribution is -2.48. The molecule has 0 aliphatic carbocycles. The Bertz CT molecular complexity index is 580. The molecule has 106 valence electrons. The van der Waals surface area contributed by atoms with Gasteiger partial charge in [-0.1, -0.05) is 18.0 Å². The Hall–Kier alpha value is -0.690. The number of benzene rings is 1. The van der Waals surface area contributed by atoms with Crippen molar-refractivity contribution in [2.45, 2.75) is 9.79 Å². The maximum Gasteiger partial charge on any atom is 0.243 e. The number of nitrogens with zero attached hydrogens (tertiary/aromatic N) is 1. The largest absolute Gasteiger partial charge is 0.316 e. The van der Waals surface area contributed by atoms with E-state index in [0.29, 0.717) is 17.4 Å². The van der Waals surface area contributed by atoms with Crippen LogP contribution in [-0.2, 0) is 10.0 Å². The SMILES string of the molecule is C=S(C)c1ccccc1S(=O)(=O)N(C)CC1CNC1. The van der Waals surface area contributed by atoms with Crippen molar-refractivity contribution in [1.29, 1.82) is 0 Å². The van der Waals surface area contributed by atoms with Crippen molar-refractivity contribution >= 4 is 26.4 Å². The first-order chi connectivity index (χ1) is 8.93. The summed E-state index contributed by atoms with van der Waals surface area (Å²) in [5.41, 5.74) is 0. The highest BCUT2D eigenvalue weighted by Gasteiger charge is 2.28. The van der Waals surface area contributed by atoms with Gasteiger partial charge in [-0.15, -0.1) is 0 Å². The first kappa shape index (κ1) is 14.7. The number of rotatable bonds is 5. The highest BCUT2D eigenvalue weighted by molar-refractivity contribution is 8.13. The molecule has 1 unspecified atom stereocenters. The molecule has 1 aliphatic heterocycles. The van der Waals surface area contributed by atoms with Crippen molar-refractivity contribution in [3.8, 4) is 0 Å². The van der Waals surface area contributed by atoms with Crippen molar-refractivity contribution in [2.24, 2.45) is 5.92 Å². The molecule has 1 aromatic rings. The molecule has 1 saturated heterocycles. The lowest BCUT2D eigenvalue weighted by atomic mass is 10.0. The molecule has 1 atom stereocenters. The van der Waals surface area contributed by atoms with E-state index in [1.807, 2.05) is 18.4 Å². The topological polar surface area (TPSA) is 49.4 Å². The number of hydrogen-bond donors (Lipinski definition) is 1. The van der Waals surface area contributed by atoms with E-state index in [4.69, 9.17) is 0 Å². The molecule has 1 N–H and O–H groups in total. The second-order valence-corrected chi connectivity index (χ2v) is 8.62. The molecule has 0 aromatic heterocycles. The zero-order valence-corrected chi connectivity index (χ0v) is 12.9. The van der Waals surface area contributed by atoms with E-state index in [-0.39, 0.29) is 10.5 Å². The number of hydrogen-bond acceptors (Lipinski definition) is 3. The van der Waals surface area contributed by atoms with Gasteiger partial charge in [0.2, 0.25) is 10.0 Å². The maximum atomic E-state index is 12.6. The van der Waals surface area contributed by atoms with E-state index in [2.05, 4.69) is 11.2 Å². The van der Waals surface area contributed by atoms with Crippen LogP contribution in [0, 0.1) is 5.92 Å². The van der Waals surface area contributed by atoms with Gasteiger partial charge in [-0.25, -0.2) is 12.7 Å². The molecule has 0 spiro atoms. The fraction of sp³-hybridized carbons (Fsp3) is 0.462. The van der Waals surface area contributed by atoms with Crippen LogP contribution in [0.25, 0.3) is 0 Å². The molecule has 0 amide bonds. The Morgan fingerprint density at radius 2 is 2.05 bits per heavy atom. The molecule has 2 rings (SSSR count). The zero-order chi connectivity index (χ0) is 14.0. The zero-order valence-electron chi connectivity index (χ0n) is 11.3. The van der Waals surface area contributed by atoms with Crippen molar-refractivity contribution in [1.82, 2.24) is 9.62 Å². The van der Waals surface area contributed by atoms with Crippen LogP contribution in [0.2, 0.25) is 0 Å². The lowest BCUT2D eigenvalue weighted by molar-refractivity contribution is 0.288. The van der Waals surface area contributed by atoms with Crippen LogP contribution in [0.4, 0.5) is 0 Å². The summed E-state index contributed by atoms with van der Waals surface area (Å²) < 4.78 is 26.7. The Labute approximate surface area is 117 Å². The molecule has 1 fully saturated rings. The molecule has 0 radical (unpaired) electrons. The molecule has 1 aromatic carbocycles. The second-order valence-electron chi connectivity index (χ2n) is 4.89. The minimum Gasteiger partial charge on any atom is -0.316 e. The fourth-order valence-electron chi connectivity index (χ4n) is 2.06. The first-order valence-electron chi connectivity index (χ1n) is 6.14. The van der Waals surface area contributed by atoms with Gasteiger partial charge in [-0.05, 0) is 24.3 Å². The highest BCUT2D eigenvalue weighted by atomic mass is 32.2. The molecule has 0 bridgehead atoms. The second kappa shape index (κ2) is 5.75. The summed E-state index contributed by atoms with van der Waals surface area (Å²) in [5.74, 6) is 4.39. The van der Waals surface area contributed by atoms with Gasteiger partial charge < -0.3 is 5.32 Å². The number of nitrogens with one attached hydrogen (secondary N) is 1. The molecule has 1 heterocycles. The van der Waals surface area contributed by atoms with E-state index in [1.165, 1.54) is 4.31 Å². The Kier molecular flexibility index (Phi) is 4.45. The quantitative estimate of drug-likeness (QED) is 0.832. The first-order valence-corrected chi connectivity index (χ1v) is 9.39. The minimum atomic E-state index is -3.41. The van der Waals surface area contributed by atoms with E-state index in [0.717, 1.165) is 18.0 Å². The third-order valence-electron chi connectivity index (χ3n) is 3.29. The summed E-state index contributed by atoms with van der Waals surface area (Å²) >= 11 is 0. The Morgan fingerprint density at radius 1 is 1.42 bits per heavy atom. The van der Waals surface area contributed by atoms with Gasteiger partial charge in [0, 0.05) is 31.6 Å². The fourth-order valence-corrected chi connectivity index (χ4v) is 4.84. The predicted octanol–water partition coefficient (Wildman–Crippen LogP) is 1.22. The maximum absolute atomic E-state index is 12.6. The van der Waals surface area contributed by atoms with Crippen LogP contribution in [-0.4, -0.2) is 51.5 Å². The van der Waals surface area contributed by atoms with Gasteiger partial charge in [-0.3, -0.25) is 0 Å².